The SMILES string of the molecule is CCCCC/C=C\C/C=C\CCCCCCCC(=O)OCC1O[C@@H](O[C@H]2CC[C@@]3(C)C(=CC[C@H]4[C@@H]5CC[C@H]([C@H](C)CC[C@@H](CC)C(C)C)[C@@]5(C)CC[C@@H]43)C2)C(O)C(O)[C@@H]1O. The van der Waals surface area contributed by atoms with Crippen LogP contribution in [0.1, 0.15) is 196 Å². The maximum absolute atomic E-state index is 12.6. The van der Waals surface area contributed by atoms with Gasteiger partial charge in [-0.2, -0.15) is 0 Å². The van der Waals surface area contributed by atoms with Crippen LogP contribution in [0.2, 0.25) is 0 Å². The van der Waals surface area contributed by atoms with Crippen molar-refractivity contribution < 1.29 is 34.3 Å². The van der Waals surface area contributed by atoms with Crippen molar-refractivity contribution in [2.75, 3.05) is 6.61 Å². The number of unbranched alkanes of at least 4 members (excludes halogenated alkanes) is 8. The Bertz CT molecular complexity index is 1370. The first-order valence-corrected chi connectivity index (χ1v) is 25.3. The van der Waals surface area contributed by atoms with E-state index >= 15 is 0 Å². The van der Waals surface area contributed by atoms with Crippen LogP contribution in [0, 0.1) is 52.3 Å². The van der Waals surface area contributed by atoms with Crippen molar-refractivity contribution in [2.24, 2.45) is 52.3 Å². The van der Waals surface area contributed by atoms with Gasteiger partial charge in [0.1, 0.15) is 31.0 Å². The summed E-state index contributed by atoms with van der Waals surface area (Å²) in [6, 6.07) is 0. The van der Waals surface area contributed by atoms with Crippen molar-refractivity contribution in [1.82, 2.24) is 0 Å². The van der Waals surface area contributed by atoms with Crippen LogP contribution < -0.4 is 0 Å². The van der Waals surface area contributed by atoms with Gasteiger partial charge < -0.3 is 29.5 Å². The molecule has 0 aromatic heterocycles. The molecule has 3 N–H and O–H groups in total. The molecule has 7 heteroatoms. The van der Waals surface area contributed by atoms with Crippen LogP contribution in [0.15, 0.2) is 36.0 Å². The minimum atomic E-state index is -1.45. The molecular formula is C53H90O7. The van der Waals surface area contributed by atoms with Crippen LogP contribution in [0.5, 0.6) is 0 Å². The Morgan fingerprint density at radius 2 is 1.55 bits per heavy atom. The summed E-state index contributed by atoms with van der Waals surface area (Å²) in [6.07, 6.45) is 31.2. The normalized spacial score (nSPS) is 36.5. The highest BCUT2D eigenvalue weighted by Crippen LogP contribution is 2.67. The second kappa shape index (κ2) is 24.0. The van der Waals surface area contributed by atoms with Gasteiger partial charge in [0.25, 0.3) is 0 Å². The number of aliphatic hydroxyl groups is 3. The van der Waals surface area contributed by atoms with Gasteiger partial charge in [-0.05, 0) is 149 Å². The highest BCUT2D eigenvalue weighted by Gasteiger charge is 2.59. The Balaban J connectivity index is 1.03. The number of rotatable bonds is 24. The lowest BCUT2D eigenvalue weighted by molar-refractivity contribution is -0.313. The van der Waals surface area contributed by atoms with Gasteiger partial charge in [-0.25, -0.2) is 0 Å². The van der Waals surface area contributed by atoms with Gasteiger partial charge in [0, 0.05) is 6.42 Å². The molecule has 344 valence electrons. The highest BCUT2D eigenvalue weighted by molar-refractivity contribution is 5.69. The van der Waals surface area contributed by atoms with Gasteiger partial charge in [0.2, 0.25) is 0 Å². The van der Waals surface area contributed by atoms with E-state index in [1.807, 2.05) is 0 Å². The summed E-state index contributed by atoms with van der Waals surface area (Å²) in [7, 11) is 0. The van der Waals surface area contributed by atoms with Gasteiger partial charge in [0.15, 0.2) is 6.29 Å². The summed E-state index contributed by atoms with van der Waals surface area (Å²) in [5.41, 5.74) is 2.12. The molecule has 60 heavy (non-hydrogen) atoms. The number of carbonyl (C=O) groups is 1. The Hall–Kier alpha value is -1.51. The second-order valence-corrected chi connectivity index (χ2v) is 21.1. The Labute approximate surface area is 367 Å². The first kappa shape index (κ1) is 49.5. The van der Waals surface area contributed by atoms with Crippen LogP contribution >= 0.6 is 0 Å². The van der Waals surface area contributed by atoms with Crippen LogP contribution in [0.3, 0.4) is 0 Å². The molecule has 0 radical (unpaired) electrons. The van der Waals surface area contributed by atoms with Crippen molar-refractivity contribution in [3.8, 4) is 0 Å². The first-order chi connectivity index (χ1) is 28.8. The lowest BCUT2D eigenvalue weighted by atomic mass is 9.47. The number of hydrogen-bond donors (Lipinski definition) is 3. The van der Waals surface area contributed by atoms with Crippen molar-refractivity contribution in [1.29, 1.82) is 0 Å². The zero-order valence-electron chi connectivity index (χ0n) is 39.3. The summed E-state index contributed by atoms with van der Waals surface area (Å²) in [5.74, 6) is 5.20. The lowest BCUT2D eigenvalue weighted by Crippen LogP contribution is -2.60. The van der Waals surface area contributed by atoms with Gasteiger partial charge >= 0.3 is 5.97 Å². The quantitative estimate of drug-likeness (QED) is 0.0505. The third-order valence-corrected chi connectivity index (χ3v) is 17.0. The van der Waals surface area contributed by atoms with E-state index in [1.165, 1.54) is 76.2 Å². The number of esters is 1. The van der Waals surface area contributed by atoms with Gasteiger partial charge in [0.05, 0.1) is 6.10 Å². The number of hydrogen-bond acceptors (Lipinski definition) is 7. The smallest absolute Gasteiger partial charge is 0.305 e. The summed E-state index contributed by atoms with van der Waals surface area (Å²) < 4.78 is 18.0. The average Bonchev–Trinajstić information content (AvgIpc) is 3.59. The van der Waals surface area contributed by atoms with E-state index in [2.05, 4.69) is 78.8 Å². The fraction of sp³-hybridized carbons (Fsp3) is 0.868. The summed E-state index contributed by atoms with van der Waals surface area (Å²) in [5, 5.41) is 32.5. The molecule has 5 rings (SSSR count). The van der Waals surface area contributed by atoms with Crippen LogP contribution in [0.25, 0.3) is 0 Å². The first-order valence-electron chi connectivity index (χ1n) is 25.3. The van der Waals surface area contributed by atoms with Crippen molar-refractivity contribution in [2.45, 2.75) is 233 Å². The van der Waals surface area contributed by atoms with Crippen LogP contribution in [0.4, 0.5) is 0 Å². The van der Waals surface area contributed by atoms with Crippen LogP contribution in [-0.2, 0) is 19.0 Å². The maximum atomic E-state index is 12.6. The van der Waals surface area contributed by atoms with E-state index in [0.717, 1.165) is 106 Å². The molecule has 14 atom stereocenters. The summed E-state index contributed by atoms with van der Waals surface area (Å²) in [4.78, 5) is 12.6. The fourth-order valence-electron chi connectivity index (χ4n) is 13.1. The molecule has 0 amide bonds. The van der Waals surface area contributed by atoms with Crippen molar-refractivity contribution in [3.05, 3.63) is 36.0 Å². The molecule has 0 bridgehead atoms. The molecule has 4 aliphatic carbocycles. The van der Waals surface area contributed by atoms with Gasteiger partial charge in [-0.15, -0.1) is 0 Å². The Morgan fingerprint density at radius 3 is 2.27 bits per heavy atom. The van der Waals surface area contributed by atoms with E-state index < -0.39 is 30.7 Å². The molecule has 0 aromatic carbocycles. The summed E-state index contributed by atoms with van der Waals surface area (Å²) in [6.45, 7) is 17.0. The number of ether oxygens (including phenoxy) is 3. The maximum Gasteiger partial charge on any atom is 0.305 e. The molecule has 1 aliphatic heterocycles. The minimum absolute atomic E-state index is 0.146. The van der Waals surface area contributed by atoms with Gasteiger partial charge in [-0.3, -0.25) is 4.79 Å². The number of aliphatic hydroxyl groups excluding tert-OH is 3. The van der Waals surface area contributed by atoms with E-state index in [0.29, 0.717) is 17.8 Å². The van der Waals surface area contributed by atoms with Crippen LogP contribution in [-0.4, -0.2) is 64.7 Å². The Kier molecular flexibility index (Phi) is 19.8. The largest absolute Gasteiger partial charge is 0.463 e. The molecule has 3 unspecified atom stereocenters. The van der Waals surface area contributed by atoms with E-state index in [9.17, 15) is 20.1 Å². The number of allylic oxidation sites excluding steroid dienone is 5. The molecule has 4 fully saturated rings. The third kappa shape index (κ3) is 12.6. The molecule has 0 aromatic rings. The molecule has 0 spiro atoms. The Morgan fingerprint density at radius 1 is 0.833 bits per heavy atom. The topological polar surface area (TPSA) is 105 Å². The number of carbonyl (C=O) groups excluding carboxylic acids is 1. The minimum Gasteiger partial charge on any atom is -0.463 e. The predicted octanol–water partition coefficient (Wildman–Crippen LogP) is 12.2. The predicted molar refractivity (Wildman–Crippen MR) is 244 cm³/mol. The lowest BCUT2D eigenvalue weighted by Gasteiger charge is -2.58. The van der Waals surface area contributed by atoms with Crippen molar-refractivity contribution in [3.63, 3.8) is 0 Å². The zero-order valence-corrected chi connectivity index (χ0v) is 39.3. The second-order valence-electron chi connectivity index (χ2n) is 21.1. The fourth-order valence-corrected chi connectivity index (χ4v) is 13.1. The van der Waals surface area contributed by atoms with Crippen molar-refractivity contribution >= 4 is 5.97 Å². The zero-order chi connectivity index (χ0) is 43.3. The molecule has 1 saturated heterocycles. The molecule has 1 heterocycles. The van der Waals surface area contributed by atoms with Gasteiger partial charge in [-0.1, -0.05) is 129 Å². The standard InChI is InChI=1S/C53H90O7/c1-8-10-11-12-13-14-15-16-17-18-19-20-21-22-23-24-47(54)58-36-46-48(55)49(56)50(57)51(60-46)59-41-31-33-52(6)40(35-41)27-28-42-44-30-29-43(53(44,7)34-32-45(42)52)38(5)25-26-39(9-2)37(3)4/h13-14,16-17,27,37-39,41-46,48-51,55-57H,8-12,15,18-26,28-36H2,1-7H3/b14-13-,17-16-/t38-,39-,41+,42+,43-,44+,45+,46?,48-,49?,50?,51-,52+,53-/m1/s1. The number of fused-ring (bicyclic) bond motifs is 5. The monoisotopic (exact) mass is 839 g/mol. The summed E-state index contributed by atoms with van der Waals surface area (Å²) >= 11 is 0. The van der Waals surface area contributed by atoms with E-state index in [4.69, 9.17) is 14.2 Å². The van der Waals surface area contributed by atoms with E-state index in [1.54, 1.807) is 0 Å². The molecular weight excluding hydrogens is 749 g/mol. The third-order valence-electron chi connectivity index (χ3n) is 17.0. The molecule has 3 saturated carbocycles. The van der Waals surface area contributed by atoms with E-state index in [-0.39, 0.29) is 24.1 Å². The molecule has 5 aliphatic rings. The highest BCUT2D eigenvalue weighted by atomic mass is 16.7. The molecule has 7 nitrogen and oxygen atoms in total. The average molecular weight is 839 g/mol.